The van der Waals surface area contributed by atoms with E-state index >= 15 is 0 Å². The van der Waals surface area contributed by atoms with Crippen molar-refractivity contribution in [2.45, 2.75) is 25.9 Å². The number of benzene rings is 2. The van der Waals surface area contributed by atoms with Gasteiger partial charge in [0.1, 0.15) is 11.8 Å². The van der Waals surface area contributed by atoms with Crippen LogP contribution in [0.1, 0.15) is 18.9 Å². The van der Waals surface area contributed by atoms with Gasteiger partial charge in [-0.3, -0.25) is 9.59 Å². The highest BCUT2D eigenvalue weighted by molar-refractivity contribution is 6.30. The Kier molecular flexibility index (Phi) is 8.78. The molecule has 0 aliphatic heterocycles. The standard InChI is InChI=1S/C21H25ClN2O4/c1-16(21(27)23-12-5-13-25)24(14-17-8-10-18(22)11-9-17)20(26)15-28-19-6-3-2-4-7-19/h2-4,6-11,16,25H,5,12-15H2,1H3,(H,23,27). The molecule has 6 nitrogen and oxygen atoms in total. The van der Waals surface area contributed by atoms with Crippen molar-refractivity contribution in [1.82, 2.24) is 10.2 Å². The molecule has 2 aromatic rings. The Labute approximate surface area is 170 Å². The lowest BCUT2D eigenvalue weighted by atomic mass is 10.1. The van der Waals surface area contributed by atoms with Crippen LogP contribution in [0, 0.1) is 0 Å². The minimum absolute atomic E-state index is 0.00695. The smallest absolute Gasteiger partial charge is 0.261 e. The van der Waals surface area contributed by atoms with E-state index in [0.29, 0.717) is 23.7 Å². The van der Waals surface area contributed by atoms with E-state index in [4.69, 9.17) is 21.4 Å². The van der Waals surface area contributed by atoms with Gasteiger partial charge in [-0.1, -0.05) is 41.9 Å². The van der Waals surface area contributed by atoms with Crippen LogP contribution in [0.4, 0.5) is 0 Å². The van der Waals surface area contributed by atoms with Gasteiger partial charge in [0.15, 0.2) is 6.61 Å². The van der Waals surface area contributed by atoms with Crippen molar-refractivity contribution in [2.24, 2.45) is 0 Å². The number of ether oxygens (including phenoxy) is 1. The Morgan fingerprint density at radius 2 is 1.82 bits per heavy atom. The first-order valence-electron chi connectivity index (χ1n) is 9.11. The molecule has 2 aromatic carbocycles. The fourth-order valence-electron chi connectivity index (χ4n) is 2.55. The number of hydrogen-bond donors (Lipinski definition) is 2. The third-order valence-corrected chi connectivity index (χ3v) is 4.43. The first-order valence-corrected chi connectivity index (χ1v) is 9.49. The van der Waals surface area contributed by atoms with Gasteiger partial charge < -0.3 is 20.1 Å². The van der Waals surface area contributed by atoms with Gasteiger partial charge in [0, 0.05) is 24.7 Å². The second-order valence-corrected chi connectivity index (χ2v) is 6.73. The summed E-state index contributed by atoms with van der Waals surface area (Å²) in [5, 5.41) is 12.2. The van der Waals surface area contributed by atoms with Gasteiger partial charge in [-0.15, -0.1) is 0 Å². The number of amides is 2. The van der Waals surface area contributed by atoms with Gasteiger partial charge >= 0.3 is 0 Å². The highest BCUT2D eigenvalue weighted by atomic mass is 35.5. The molecule has 0 saturated heterocycles. The molecule has 0 saturated carbocycles. The maximum absolute atomic E-state index is 12.8. The van der Waals surface area contributed by atoms with Crippen LogP contribution in [0.5, 0.6) is 5.75 Å². The van der Waals surface area contributed by atoms with E-state index in [9.17, 15) is 9.59 Å². The molecular formula is C21H25ClN2O4. The predicted octanol–water partition coefficient (Wildman–Crippen LogP) is 2.63. The van der Waals surface area contributed by atoms with Crippen LogP contribution >= 0.6 is 11.6 Å². The molecule has 2 rings (SSSR count). The maximum Gasteiger partial charge on any atom is 0.261 e. The fraction of sp³-hybridized carbons (Fsp3) is 0.333. The summed E-state index contributed by atoms with van der Waals surface area (Å²) in [7, 11) is 0. The van der Waals surface area contributed by atoms with E-state index < -0.39 is 6.04 Å². The highest BCUT2D eigenvalue weighted by Gasteiger charge is 2.26. The number of halogens is 1. The number of carbonyl (C=O) groups is 2. The molecule has 0 radical (unpaired) electrons. The van der Waals surface area contributed by atoms with Crippen molar-refractivity contribution < 1.29 is 19.4 Å². The van der Waals surface area contributed by atoms with Crippen LogP contribution < -0.4 is 10.1 Å². The highest BCUT2D eigenvalue weighted by Crippen LogP contribution is 2.15. The number of rotatable bonds is 10. The molecule has 0 bridgehead atoms. The third kappa shape index (κ3) is 6.87. The molecular weight excluding hydrogens is 380 g/mol. The predicted molar refractivity (Wildman–Crippen MR) is 108 cm³/mol. The summed E-state index contributed by atoms with van der Waals surface area (Å²) in [6.45, 7) is 2.09. The van der Waals surface area contributed by atoms with Crippen molar-refractivity contribution in [1.29, 1.82) is 0 Å². The van der Waals surface area contributed by atoms with Crippen LogP contribution in [-0.4, -0.2) is 47.6 Å². The van der Waals surface area contributed by atoms with Crippen LogP contribution in [0.25, 0.3) is 0 Å². The SMILES string of the molecule is CC(C(=O)NCCCO)N(Cc1ccc(Cl)cc1)C(=O)COc1ccccc1. The molecule has 2 amide bonds. The Bertz CT molecular complexity index is 753. The minimum atomic E-state index is -0.693. The zero-order valence-corrected chi connectivity index (χ0v) is 16.6. The quantitative estimate of drug-likeness (QED) is 0.597. The molecule has 150 valence electrons. The number of aliphatic hydroxyl groups excluding tert-OH is 1. The molecule has 0 aliphatic rings. The Balaban J connectivity index is 2.08. The normalized spacial score (nSPS) is 11.5. The van der Waals surface area contributed by atoms with Crippen LogP contribution in [0.15, 0.2) is 54.6 Å². The van der Waals surface area contributed by atoms with Crippen molar-refractivity contribution in [3.8, 4) is 5.75 Å². The molecule has 1 atom stereocenters. The first-order chi connectivity index (χ1) is 13.5. The zero-order chi connectivity index (χ0) is 20.4. The van der Waals surface area contributed by atoms with E-state index in [2.05, 4.69) is 5.32 Å². The Hall–Kier alpha value is -2.57. The van der Waals surface area contributed by atoms with Gasteiger partial charge in [0.25, 0.3) is 5.91 Å². The van der Waals surface area contributed by atoms with E-state index in [0.717, 1.165) is 5.56 Å². The number of nitrogens with one attached hydrogen (secondary N) is 1. The van der Waals surface area contributed by atoms with E-state index in [1.807, 2.05) is 30.3 Å². The van der Waals surface area contributed by atoms with E-state index in [-0.39, 0.29) is 31.6 Å². The summed E-state index contributed by atoms with van der Waals surface area (Å²) < 4.78 is 5.56. The number of nitrogens with zero attached hydrogens (tertiary/aromatic N) is 1. The number of carbonyl (C=O) groups excluding carboxylic acids is 2. The van der Waals surface area contributed by atoms with Gasteiger partial charge in [-0.2, -0.15) is 0 Å². The summed E-state index contributed by atoms with van der Waals surface area (Å²) in [6, 6.07) is 15.5. The Morgan fingerprint density at radius 3 is 2.46 bits per heavy atom. The fourth-order valence-corrected chi connectivity index (χ4v) is 2.68. The molecule has 2 N–H and O–H groups in total. The lowest BCUT2D eigenvalue weighted by Gasteiger charge is -2.28. The Morgan fingerprint density at radius 1 is 1.14 bits per heavy atom. The largest absolute Gasteiger partial charge is 0.484 e. The summed E-state index contributed by atoms with van der Waals surface area (Å²) in [5.41, 5.74) is 0.854. The second-order valence-electron chi connectivity index (χ2n) is 6.29. The maximum atomic E-state index is 12.8. The van der Waals surface area contributed by atoms with Crippen LogP contribution in [0.2, 0.25) is 5.02 Å². The van der Waals surface area contributed by atoms with Gasteiger partial charge in [0.05, 0.1) is 0 Å². The first kappa shape index (κ1) is 21.7. The molecule has 0 aliphatic carbocycles. The molecule has 0 fully saturated rings. The monoisotopic (exact) mass is 404 g/mol. The molecule has 1 unspecified atom stereocenters. The van der Waals surface area contributed by atoms with E-state index in [1.54, 1.807) is 31.2 Å². The van der Waals surface area contributed by atoms with Gasteiger partial charge in [0.2, 0.25) is 5.91 Å². The van der Waals surface area contributed by atoms with Crippen molar-refractivity contribution in [3.05, 3.63) is 65.2 Å². The minimum Gasteiger partial charge on any atom is -0.484 e. The number of hydrogen-bond acceptors (Lipinski definition) is 4. The van der Waals surface area contributed by atoms with Crippen molar-refractivity contribution >= 4 is 23.4 Å². The summed E-state index contributed by atoms with van der Waals surface area (Å²) >= 11 is 5.93. The average Bonchev–Trinajstić information content (AvgIpc) is 2.72. The average molecular weight is 405 g/mol. The van der Waals surface area contributed by atoms with Crippen molar-refractivity contribution in [2.75, 3.05) is 19.8 Å². The summed E-state index contributed by atoms with van der Waals surface area (Å²) in [5.74, 6) is 0.00132. The molecule has 0 heterocycles. The molecule has 0 spiro atoms. The topological polar surface area (TPSA) is 78.9 Å². The van der Waals surface area contributed by atoms with Crippen LogP contribution in [-0.2, 0) is 16.1 Å². The van der Waals surface area contributed by atoms with Crippen LogP contribution in [0.3, 0.4) is 0 Å². The summed E-state index contributed by atoms with van der Waals surface area (Å²) in [6.07, 6.45) is 0.459. The second kappa shape index (κ2) is 11.3. The van der Waals surface area contributed by atoms with Crippen molar-refractivity contribution in [3.63, 3.8) is 0 Å². The third-order valence-electron chi connectivity index (χ3n) is 4.17. The number of para-hydroxylation sites is 1. The van der Waals surface area contributed by atoms with Gasteiger partial charge in [-0.25, -0.2) is 0 Å². The molecule has 28 heavy (non-hydrogen) atoms. The summed E-state index contributed by atoms with van der Waals surface area (Å²) in [4.78, 5) is 26.7. The molecule has 7 heteroatoms. The lowest BCUT2D eigenvalue weighted by molar-refractivity contribution is -0.142. The van der Waals surface area contributed by atoms with Gasteiger partial charge in [-0.05, 0) is 43.2 Å². The number of aliphatic hydroxyl groups is 1. The lowest BCUT2D eigenvalue weighted by Crippen LogP contribution is -2.49. The molecule has 0 aromatic heterocycles. The zero-order valence-electron chi connectivity index (χ0n) is 15.8. The van der Waals surface area contributed by atoms with E-state index in [1.165, 1.54) is 4.90 Å².